The smallest absolute Gasteiger partial charge is 0.172 e. The van der Waals surface area contributed by atoms with E-state index in [1.807, 2.05) is 56.3 Å². The molecular formula is C33H45F2N3. The highest BCUT2D eigenvalue weighted by molar-refractivity contribution is 5.73. The number of hydrogen-bond acceptors (Lipinski definition) is 3. The van der Waals surface area contributed by atoms with Crippen molar-refractivity contribution in [3.63, 3.8) is 0 Å². The van der Waals surface area contributed by atoms with Crippen molar-refractivity contribution in [3.05, 3.63) is 103 Å². The number of likely N-dealkylation sites (tertiary alicyclic amines) is 1. The molecule has 1 aromatic heterocycles. The van der Waals surface area contributed by atoms with Gasteiger partial charge >= 0.3 is 0 Å². The third-order valence-electron chi connectivity index (χ3n) is 7.15. The van der Waals surface area contributed by atoms with E-state index in [0.29, 0.717) is 34.6 Å². The van der Waals surface area contributed by atoms with Crippen LogP contribution in [0.5, 0.6) is 0 Å². The Labute approximate surface area is 229 Å². The van der Waals surface area contributed by atoms with Crippen LogP contribution in [0.3, 0.4) is 0 Å². The highest BCUT2D eigenvalue weighted by Gasteiger charge is 2.36. The lowest BCUT2D eigenvalue weighted by Crippen LogP contribution is -2.47. The Bertz CT molecular complexity index is 1110. The van der Waals surface area contributed by atoms with Crippen LogP contribution in [0, 0.1) is 0 Å². The number of aromatic nitrogens is 1. The van der Waals surface area contributed by atoms with Gasteiger partial charge in [-0.15, -0.1) is 0 Å². The third kappa shape index (κ3) is 7.89. The van der Waals surface area contributed by atoms with Crippen LogP contribution in [-0.4, -0.2) is 34.7 Å². The van der Waals surface area contributed by atoms with Crippen molar-refractivity contribution in [2.45, 2.75) is 78.2 Å². The summed E-state index contributed by atoms with van der Waals surface area (Å²) in [7, 11) is 0. The summed E-state index contributed by atoms with van der Waals surface area (Å²) in [6, 6.07) is 13.1. The van der Waals surface area contributed by atoms with E-state index in [0.717, 1.165) is 37.1 Å². The maximum atomic E-state index is 15.9. The van der Waals surface area contributed by atoms with E-state index in [1.54, 1.807) is 26.1 Å². The minimum Gasteiger partial charge on any atom is -0.382 e. The van der Waals surface area contributed by atoms with E-state index in [-0.39, 0.29) is 6.04 Å². The second kappa shape index (κ2) is 13.5. The van der Waals surface area contributed by atoms with Crippen LogP contribution >= 0.6 is 0 Å². The maximum absolute atomic E-state index is 15.9. The van der Waals surface area contributed by atoms with Gasteiger partial charge in [-0.25, -0.2) is 8.78 Å². The zero-order valence-electron chi connectivity index (χ0n) is 24.1. The largest absolute Gasteiger partial charge is 0.382 e. The average Bonchev–Trinajstić information content (AvgIpc) is 2.92. The van der Waals surface area contributed by atoms with Gasteiger partial charge in [-0.05, 0) is 75.3 Å². The standard InChI is InChI=1S/C31H39F2N3.C2H6/c1-22(19-23(2)30(5,6)32)26-16-17-29(35-20-26)24(3)34-21-28-15-11-12-18-36(28)25(4)31(7,33)27-13-9-8-10-14-27;1-2/h8-10,13-14,16-17,19-20,28,34H,1,3-4,11-12,15,18,21H2,2,5-7H3;1-2H3/b23-19+;. The SMILES string of the molecule is C=C(/C=C(\C)C(C)(C)F)c1ccc(C(=C)NCC2CCCCN2C(=C)C(C)(F)c2ccccc2)nc1.CC. The molecule has 1 aromatic carbocycles. The Morgan fingerprint density at radius 2 is 1.71 bits per heavy atom. The Balaban J connectivity index is 0.00000247. The minimum atomic E-state index is -1.64. The number of pyridine rings is 1. The minimum absolute atomic E-state index is 0.109. The van der Waals surface area contributed by atoms with E-state index in [4.69, 9.17) is 0 Å². The van der Waals surface area contributed by atoms with Crippen LogP contribution < -0.4 is 5.32 Å². The molecular weight excluding hydrogens is 476 g/mol. The first-order chi connectivity index (χ1) is 17.9. The molecule has 2 aromatic rings. The Morgan fingerprint density at radius 3 is 2.29 bits per heavy atom. The topological polar surface area (TPSA) is 28.2 Å². The van der Waals surface area contributed by atoms with Crippen molar-refractivity contribution in [1.82, 2.24) is 15.2 Å². The quantitative estimate of drug-likeness (QED) is 0.317. The molecule has 1 N–H and O–H groups in total. The lowest BCUT2D eigenvalue weighted by molar-refractivity contribution is 0.117. The lowest BCUT2D eigenvalue weighted by Gasteiger charge is -2.42. The van der Waals surface area contributed by atoms with Crippen LogP contribution in [0.2, 0.25) is 0 Å². The molecule has 0 bridgehead atoms. The molecule has 3 rings (SSSR count). The summed E-state index contributed by atoms with van der Waals surface area (Å²) in [6.07, 6.45) is 6.54. The molecule has 2 heterocycles. The van der Waals surface area contributed by atoms with E-state index < -0.39 is 11.3 Å². The van der Waals surface area contributed by atoms with Gasteiger partial charge in [0.2, 0.25) is 0 Å². The fraction of sp³-hybridized carbons (Fsp3) is 0.424. The summed E-state index contributed by atoms with van der Waals surface area (Å²) >= 11 is 0. The number of hydrogen-bond donors (Lipinski definition) is 1. The molecule has 5 heteroatoms. The summed E-state index contributed by atoms with van der Waals surface area (Å²) in [5.74, 6) is 0. The number of piperidine rings is 1. The van der Waals surface area contributed by atoms with Crippen LogP contribution in [0.4, 0.5) is 8.78 Å². The van der Waals surface area contributed by atoms with Crippen molar-refractivity contribution in [1.29, 1.82) is 0 Å². The highest BCUT2D eigenvalue weighted by atomic mass is 19.1. The van der Waals surface area contributed by atoms with Gasteiger partial charge in [-0.2, -0.15) is 0 Å². The summed E-state index contributed by atoms with van der Waals surface area (Å²) < 4.78 is 30.0. The zero-order chi connectivity index (χ0) is 28.5. The number of benzene rings is 1. The molecule has 2 atom stereocenters. The number of halogens is 2. The van der Waals surface area contributed by atoms with Gasteiger partial charge in [0.05, 0.1) is 11.4 Å². The summed E-state index contributed by atoms with van der Waals surface area (Å²) in [5, 5.41) is 3.40. The number of nitrogens with zero attached hydrogens (tertiary/aromatic N) is 2. The predicted molar refractivity (Wildman–Crippen MR) is 159 cm³/mol. The summed E-state index contributed by atoms with van der Waals surface area (Å²) in [4.78, 5) is 6.64. The molecule has 0 amide bonds. The van der Waals surface area contributed by atoms with Crippen LogP contribution in [0.25, 0.3) is 11.3 Å². The molecule has 0 radical (unpaired) electrons. The van der Waals surface area contributed by atoms with Gasteiger partial charge in [-0.3, -0.25) is 4.98 Å². The fourth-order valence-corrected chi connectivity index (χ4v) is 4.37. The molecule has 206 valence electrons. The summed E-state index contributed by atoms with van der Waals surface area (Å²) in [6.45, 7) is 24.2. The van der Waals surface area contributed by atoms with E-state index in [9.17, 15) is 4.39 Å². The van der Waals surface area contributed by atoms with Gasteiger partial charge in [-0.1, -0.05) is 76.1 Å². The molecule has 2 unspecified atom stereocenters. The Morgan fingerprint density at radius 1 is 1.05 bits per heavy atom. The fourth-order valence-electron chi connectivity index (χ4n) is 4.37. The second-order valence-electron chi connectivity index (χ2n) is 10.3. The molecule has 0 spiro atoms. The van der Waals surface area contributed by atoms with Gasteiger partial charge in [0.25, 0.3) is 0 Å². The summed E-state index contributed by atoms with van der Waals surface area (Å²) in [5.41, 5.74) is 1.63. The van der Waals surface area contributed by atoms with Crippen LogP contribution in [0.15, 0.2) is 85.7 Å². The predicted octanol–water partition coefficient (Wildman–Crippen LogP) is 8.63. The van der Waals surface area contributed by atoms with E-state index in [1.165, 1.54) is 13.8 Å². The first-order valence-electron chi connectivity index (χ1n) is 13.6. The first kappa shape index (κ1) is 31.0. The second-order valence-corrected chi connectivity index (χ2v) is 10.3. The maximum Gasteiger partial charge on any atom is 0.172 e. The molecule has 0 saturated carbocycles. The molecule has 3 nitrogen and oxygen atoms in total. The van der Waals surface area contributed by atoms with Crippen LogP contribution in [0.1, 0.15) is 77.6 Å². The van der Waals surface area contributed by atoms with E-state index in [2.05, 4.69) is 34.9 Å². The third-order valence-corrected chi connectivity index (χ3v) is 7.15. The number of alkyl halides is 2. The van der Waals surface area contributed by atoms with Gasteiger partial charge in [0.15, 0.2) is 5.67 Å². The molecule has 0 aliphatic carbocycles. The molecule has 1 saturated heterocycles. The zero-order valence-corrected chi connectivity index (χ0v) is 24.1. The van der Waals surface area contributed by atoms with Crippen molar-refractivity contribution in [3.8, 4) is 0 Å². The lowest BCUT2D eigenvalue weighted by atomic mass is 9.91. The van der Waals surface area contributed by atoms with Gasteiger partial charge in [0.1, 0.15) is 5.67 Å². The van der Waals surface area contributed by atoms with Gasteiger partial charge < -0.3 is 10.2 Å². The molecule has 1 fully saturated rings. The van der Waals surface area contributed by atoms with Crippen molar-refractivity contribution in [2.24, 2.45) is 0 Å². The van der Waals surface area contributed by atoms with Crippen molar-refractivity contribution < 1.29 is 8.78 Å². The Hall–Kier alpha value is -3.21. The number of nitrogens with one attached hydrogen (secondary N) is 1. The molecule has 1 aliphatic rings. The first-order valence-corrected chi connectivity index (χ1v) is 13.6. The molecule has 38 heavy (non-hydrogen) atoms. The van der Waals surface area contributed by atoms with Crippen molar-refractivity contribution in [2.75, 3.05) is 13.1 Å². The number of allylic oxidation sites excluding steroid dienone is 4. The normalized spacial score (nSPS) is 17.5. The van der Waals surface area contributed by atoms with Gasteiger partial charge in [0, 0.05) is 31.0 Å². The molecule has 1 aliphatic heterocycles. The average molecular weight is 522 g/mol. The van der Waals surface area contributed by atoms with Crippen molar-refractivity contribution >= 4 is 11.3 Å². The Kier molecular flexibility index (Phi) is 11.1. The van der Waals surface area contributed by atoms with E-state index >= 15 is 4.39 Å². The number of rotatable bonds is 10. The highest BCUT2D eigenvalue weighted by Crippen LogP contribution is 2.37. The monoisotopic (exact) mass is 521 g/mol. The van der Waals surface area contributed by atoms with Crippen LogP contribution in [-0.2, 0) is 5.67 Å².